The van der Waals surface area contributed by atoms with E-state index in [0.717, 1.165) is 23.5 Å². The Balaban J connectivity index is 2.52. The SMILES string of the molecule is CCOC(=O)N=c1sc(Cl)cn1-c1cccc(C(F)(F)F)c1. The van der Waals surface area contributed by atoms with E-state index in [1.54, 1.807) is 6.92 Å². The number of amides is 1. The number of carbonyl (C=O) groups is 1. The first-order valence-electron chi connectivity index (χ1n) is 6.08. The fourth-order valence-corrected chi connectivity index (χ4v) is 2.66. The molecule has 2 rings (SSSR count). The number of rotatable bonds is 2. The number of hydrogen-bond donors (Lipinski definition) is 0. The lowest BCUT2D eigenvalue weighted by molar-refractivity contribution is -0.137. The summed E-state index contributed by atoms with van der Waals surface area (Å²) in [5, 5.41) is 0. The molecule has 0 N–H and O–H groups in total. The van der Waals surface area contributed by atoms with Crippen molar-refractivity contribution >= 4 is 29.0 Å². The van der Waals surface area contributed by atoms with E-state index in [0.29, 0.717) is 0 Å². The van der Waals surface area contributed by atoms with Gasteiger partial charge in [0, 0.05) is 11.9 Å². The average Bonchev–Trinajstić information content (AvgIpc) is 2.79. The van der Waals surface area contributed by atoms with Crippen LogP contribution in [0.3, 0.4) is 0 Å². The zero-order chi connectivity index (χ0) is 16.3. The average molecular weight is 351 g/mol. The minimum Gasteiger partial charge on any atom is -0.448 e. The second-order valence-electron chi connectivity index (χ2n) is 4.05. The lowest BCUT2D eigenvalue weighted by Crippen LogP contribution is -2.16. The van der Waals surface area contributed by atoms with Crippen molar-refractivity contribution in [3.63, 3.8) is 0 Å². The number of thiazole rings is 1. The first-order chi connectivity index (χ1) is 10.3. The Hall–Kier alpha value is -1.80. The number of alkyl halides is 3. The van der Waals surface area contributed by atoms with Gasteiger partial charge in [0.15, 0.2) is 0 Å². The van der Waals surface area contributed by atoms with Crippen molar-refractivity contribution in [2.24, 2.45) is 4.99 Å². The molecule has 0 spiro atoms. The van der Waals surface area contributed by atoms with Gasteiger partial charge in [-0.3, -0.25) is 4.57 Å². The van der Waals surface area contributed by atoms with E-state index in [1.807, 2.05) is 0 Å². The van der Waals surface area contributed by atoms with E-state index in [-0.39, 0.29) is 21.4 Å². The van der Waals surface area contributed by atoms with Crippen molar-refractivity contribution in [1.29, 1.82) is 0 Å². The molecule has 1 amide bonds. The molecule has 4 nitrogen and oxygen atoms in total. The van der Waals surface area contributed by atoms with Gasteiger partial charge in [-0.2, -0.15) is 13.2 Å². The number of carbonyl (C=O) groups excluding carboxylic acids is 1. The summed E-state index contributed by atoms with van der Waals surface area (Å²) < 4.78 is 44.6. The van der Waals surface area contributed by atoms with Crippen molar-refractivity contribution in [2.45, 2.75) is 13.1 Å². The zero-order valence-electron chi connectivity index (χ0n) is 11.2. The summed E-state index contributed by atoms with van der Waals surface area (Å²) in [6.07, 6.45) is -3.91. The van der Waals surface area contributed by atoms with E-state index in [2.05, 4.69) is 9.73 Å². The second-order valence-corrected chi connectivity index (χ2v) is 5.69. The van der Waals surface area contributed by atoms with Crippen LogP contribution in [0.15, 0.2) is 35.5 Å². The fraction of sp³-hybridized carbons (Fsp3) is 0.231. The van der Waals surface area contributed by atoms with Gasteiger partial charge in [-0.15, -0.1) is 4.99 Å². The molecule has 9 heteroatoms. The number of benzene rings is 1. The number of halogens is 4. The third-order valence-corrected chi connectivity index (χ3v) is 3.63. The van der Waals surface area contributed by atoms with E-state index in [4.69, 9.17) is 11.6 Å². The molecule has 0 saturated heterocycles. The van der Waals surface area contributed by atoms with Crippen LogP contribution in [0, 0.1) is 0 Å². The van der Waals surface area contributed by atoms with Crippen molar-refractivity contribution in [1.82, 2.24) is 4.57 Å². The van der Waals surface area contributed by atoms with Crippen LogP contribution in [0.2, 0.25) is 4.34 Å². The standard InChI is InChI=1S/C13H10ClF3N2O2S/c1-2-21-12(20)18-11-19(7-10(14)22-11)9-5-3-4-8(6-9)13(15,16)17/h3-7H,2H2,1H3. The van der Waals surface area contributed by atoms with Gasteiger partial charge < -0.3 is 4.74 Å². The molecule has 1 heterocycles. The third-order valence-electron chi connectivity index (χ3n) is 2.53. The lowest BCUT2D eigenvalue weighted by atomic mass is 10.2. The molecule has 0 unspecified atom stereocenters. The minimum atomic E-state index is -4.46. The third kappa shape index (κ3) is 3.89. The fourth-order valence-electron chi connectivity index (χ4n) is 1.65. The highest BCUT2D eigenvalue weighted by molar-refractivity contribution is 7.13. The summed E-state index contributed by atoms with van der Waals surface area (Å²) >= 11 is 6.83. The Labute approximate surface area is 132 Å². The molecule has 0 atom stereocenters. The maximum atomic E-state index is 12.8. The summed E-state index contributed by atoms with van der Waals surface area (Å²) in [7, 11) is 0. The van der Waals surface area contributed by atoms with Crippen LogP contribution in [0.4, 0.5) is 18.0 Å². The highest BCUT2D eigenvalue weighted by atomic mass is 35.5. The molecule has 0 radical (unpaired) electrons. The smallest absolute Gasteiger partial charge is 0.436 e. The number of hydrogen-bond acceptors (Lipinski definition) is 3. The van der Waals surface area contributed by atoms with Gasteiger partial charge in [0.1, 0.15) is 4.34 Å². The van der Waals surface area contributed by atoms with E-state index in [1.165, 1.54) is 22.9 Å². The molecule has 0 aliphatic carbocycles. The van der Waals surface area contributed by atoms with Crippen LogP contribution >= 0.6 is 22.9 Å². The molecule has 0 saturated carbocycles. The summed E-state index contributed by atoms with van der Waals surface area (Å²) in [5.41, 5.74) is -0.608. The molecule has 0 aliphatic rings. The highest BCUT2D eigenvalue weighted by Crippen LogP contribution is 2.30. The molecule has 22 heavy (non-hydrogen) atoms. The van der Waals surface area contributed by atoms with Crippen molar-refractivity contribution in [2.75, 3.05) is 6.61 Å². The van der Waals surface area contributed by atoms with Gasteiger partial charge in [0.2, 0.25) is 4.80 Å². The maximum Gasteiger partial charge on any atom is 0.436 e. The van der Waals surface area contributed by atoms with Crippen LogP contribution in [0.25, 0.3) is 5.69 Å². The Kier molecular flexibility index (Phi) is 4.92. The summed E-state index contributed by atoms with van der Waals surface area (Å²) in [6, 6.07) is 4.64. The Bertz CT molecular complexity index is 752. The Morgan fingerprint density at radius 3 is 2.82 bits per heavy atom. The lowest BCUT2D eigenvalue weighted by Gasteiger charge is -2.09. The van der Waals surface area contributed by atoms with Gasteiger partial charge >= 0.3 is 12.3 Å². The number of nitrogens with zero attached hydrogens (tertiary/aromatic N) is 2. The van der Waals surface area contributed by atoms with Gasteiger partial charge in [0.25, 0.3) is 0 Å². The quantitative estimate of drug-likeness (QED) is 0.812. The topological polar surface area (TPSA) is 43.6 Å². The van der Waals surface area contributed by atoms with Crippen LogP contribution < -0.4 is 4.80 Å². The zero-order valence-corrected chi connectivity index (χ0v) is 12.8. The molecule has 0 fully saturated rings. The predicted octanol–water partition coefficient (Wildman–Crippen LogP) is 4.27. The molecule has 0 aliphatic heterocycles. The van der Waals surface area contributed by atoms with Crippen LogP contribution in [0.5, 0.6) is 0 Å². The van der Waals surface area contributed by atoms with Gasteiger partial charge in [-0.1, -0.05) is 29.0 Å². The van der Waals surface area contributed by atoms with Gasteiger partial charge in [-0.05, 0) is 25.1 Å². The normalized spacial score (nSPS) is 12.5. The Morgan fingerprint density at radius 2 is 2.18 bits per heavy atom. The number of ether oxygens (including phenoxy) is 1. The molecule has 1 aromatic carbocycles. The Morgan fingerprint density at radius 1 is 1.45 bits per heavy atom. The number of aromatic nitrogens is 1. The van der Waals surface area contributed by atoms with E-state index >= 15 is 0 Å². The van der Waals surface area contributed by atoms with Crippen molar-refractivity contribution in [3.05, 3.63) is 45.2 Å². The molecule has 2 aromatic rings. The predicted molar refractivity (Wildman–Crippen MR) is 76.2 cm³/mol. The maximum absolute atomic E-state index is 12.8. The summed E-state index contributed by atoms with van der Waals surface area (Å²) in [5.74, 6) is 0. The minimum absolute atomic E-state index is 0.128. The monoisotopic (exact) mass is 350 g/mol. The first-order valence-corrected chi connectivity index (χ1v) is 7.28. The van der Waals surface area contributed by atoms with Crippen LogP contribution in [-0.2, 0) is 10.9 Å². The molecule has 0 bridgehead atoms. The molecular formula is C13H10ClF3N2O2S. The van der Waals surface area contributed by atoms with Crippen molar-refractivity contribution < 1.29 is 22.7 Å². The molecular weight excluding hydrogens is 341 g/mol. The van der Waals surface area contributed by atoms with Crippen molar-refractivity contribution in [3.8, 4) is 5.69 Å². The van der Waals surface area contributed by atoms with Gasteiger partial charge in [0.05, 0.1) is 12.2 Å². The summed E-state index contributed by atoms with van der Waals surface area (Å²) in [4.78, 5) is 15.2. The van der Waals surface area contributed by atoms with Crippen LogP contribution in [-0.4, -0.2) is 17.3 Å². The second kappa shape index (κ2) is 6.53. The largest absolute Gasteiger partial charge is 0.448 e. The first kappa shape index (κ1) is 16.6. The highest BCUT2D eigenvalue weighted by Gasteiger charge is 2.30. The van der Waals surface area contributed by atoms with Gasteiger partial charge in [-0.25, -0.2) is 4.79 Å². The van der Waals surface area contributed by atoms with E-state index in [9.17, 15) is 18.0 Å². The summed E-state index contributed by atoms with van der Waals surface area (Å²) in [6.45, 7) is 1.76. The molecule has 1 aromatic heterocycles. The van der Waals surface area contributed by atoms with E-state index < -0.39 is 17.8 Å². The van der Waals surface area contributed by atoms with Crippen LogP contribution in [0.1, 0.15) is 12.5 Å². The molecule has 118 valence electrons.